The molecule has 1 unspecified atom stereocenters. The van der Waals surface area contributed by atoms with Crippen molar-refractivity contribution in [2.75, 3.05) is 4.90 Å². The van der Waals surface area contributed by atoms with Gasteiger partial charge in [0, 0.05) is 22.4 Å². The number of nitrogens with zero attached hydrogens (tertiary/aromatic N) is 1. The third-order valence-corrected chi connectivity index (χ3v) is 10.7. The van der Waals surface area contributed by atoms with Crippen molar-refractivity contribution in [2.45, 2.75) is 25.2 Å². The van der Waals surface area contributed by atoms with Crippen molar-refractivity contribution < 1.29 is 0 Å². The summed E-state index contributed by atoms with van der Waals surface area (Å²) in [5.41, 5.74) is 15.2. The number of rotatable bonds is 6. The monoisotopic (exact) mass is 627 g/mol. The van der Waals surface area contributed by atoms with E-state index in [1.54, 1.807) is 0 Å². The topological polar surface area (TPSA) is 3.24 Å². The van der Waals surface area contributed by atoms with Gasteiger partial charge in [-0.15, -0.1) is 0 Å². The maximum absolute atomic E-state index is 2.47. The van der Waals surface area contributed by atoms with E-state index in [9.17, 15) is 0 Å². The predicted molar refractivity (Wildman–Crippen MR) is 208 cm³/mol. The van der Waals surface area contributed by atoms with Crippen LogP contribution >= 0.6 is 0 Å². The summed E-state index contributed by atoms with van der Waals surface area (Å²) in [5.74, 6) is 0. The molecule has 0 aliphatic heterocycles. The van der Waals surface area contributed by atoms with Gasteiger partial charge in [0.1, 0.15) is 0 Å². The van der Waals surface area contributed by atoms with E-state index in [0.29, 0.717) is 0 Å². The molecule has 0 amide bonds. The minimum atomic E-state index is -0.200. The van der Waals surface area contributed by atoms with Crippen molar-refractivity contribution in [3.63, 3.8) is 0 Å². The number of para-hydroxylation sites is 2. The Kier molecular flexibility index (Phi) is 7.13. The lowest BCUT2D eigenvalue weighted by atomic mass is 9.71. The molecule has 0 spiro atoms. The van der Waals surface area contributed by atoms with E-state index in [1.807, 2.05) is 0 Å². The van der Waals surface area contributed by atoms with Gasteiger partial charge in [0.25, 0.3) is 0 Å². The Hall–Kier alpha value is -5.92. The van der Waals surface area contributed by atoms with Gasteiger partial charge in [-0.05, 0) is 105 Å². The van der Waals surface area contributed by atoms with Gasteiger partial charge in [0.15, 0.2) is 0 Å². The molecule has 0 saturated heterocycles. The Balaban J connectivity index is 1.28. The fourth-order valence-electron chi connectivity index (χ4n) is 8.34. The van der Waals surface area contributed by atoms with Crippen LogP contribution in [0.15, 0.2) is 188 Å². The van der Waals surface area contributed by atoms with Gasteiger partial charge in [-0.25, -0.2) is 0 Å². The summed E-state index contributed by atoms with van der Waals surface area (Å²) in [6, 6.07) is 62.2. The molecule has 7 aromatic carbocycles. The minimum absolute atomic E-state index is 0.200. The Morgan fingerprint density at radius 1 is 0.531 bits per heavy atom. The van der Waals surface area contributed by atoms with Gasteiger partial charge in [-0.1, -0.05) is 152 Å². The molecule has 0 fully saturated rings. The average molecular weight is 628 g/mol. The highest BCUT2D eigenvalue weighted by molar-refractivity contribution is 6.08. The van der Waals surface area contributed by atoms with E-state index in [-0.39, 0.29) is 5.41 Å². The largest absolute Gasteiger partial charge is 0.310 e. The molecule has 0 bridgehead atoms. The second kappa shape index (κ2) is 12.0. The van der Waals surface area contributed by atoms with Gasteiger partial charge < -0.3 is 4.90 Å². The Labute approximate surface area is 289 Å². The quantitative estimate of drug-likeness (QED) is 0.177. The van der Waals surface area contributed by atoms with E-state index in [0.717, 1.165) is 29.9 Å². The summed E-state index contributed by atoms with van der Waals surface area (Å²) in [6.07, 6.45) is 6.87. The predicted octanol–water partition coefficient (Wildman–Crippen LogP) is 13.1. The third-order valence-electron chi connectivity index (χ3n) is 10.7. The lowest BCUT2D eigenvalue weighted by Crippen LogP contribution is -2.25. The normalized spacial score (nSPS) is 16.4. The number of fused-ring (bicyclic) bond motifs is 3. The number of hydrogen-bond acceptors (Lipinski definition) is 1. The maximum Gasteiger partial charge on any atom is 0.0540 e. The summed E-state index contributed by atoms with van der Waals surface area (Å²) < 4.78 is 0. The van der Waals surface area contributed by atoms with Gasteiger partial charge in [0.2, 0.25) is 0 Å². The first-order valence-corrected chi connectivity index (χ1v) is 17.3. The van der Waals surface area contributed by atoms with Crippen LogP contribution in [0.25, 0.3) is 38.6 Å². The zero-order valence-electron chi connectivity index (χ0n) is 27.7. The molecule has 0 aromatic heterocycles. The van der Waals surface area contributed by atoms with Crippen LogP contribution in [0.3, 0.4) is 0 Å². The molecule has 7 aromatic rings. The molecular weight excluding hydrogens is 591 g/mol. The summed E-state index contributed by atoms with van der Waals surface area (Å²) in [5, 5.41) is 2.51. The molecule has 1 atom stereocenters. The molecular formula is C48H37N. The highest BCUT2D eigenvalue weighted by atomic mass is 15.1. The molecule has 234 valence electrons. The second-order valence-electron chi connectivity index (χ2n) is 13.3. The van der Waals surface area contributed by atoms with E-state index >= 15 is 0 Å². The van der Waals surface area contributed by atoms with Gasteiger partial charge in [0.05, 0.1) is 5.69 Å². The van der Waals surface area contributed by atoms with Gasteiger partial charge in [-0.3, -0.25) is 0 Å². The van der Waals surface area contributed by atoms with E-state index in [1.165, 1.54) is 60.9 Å². The minimum Gasteiger partial charge on any atom is -0.310 e. The molecule has 49 heavy (non-hydrogen) atoms. The van der Waals surface area contributed by atoms with Gasteiger partial charge in [-0.2, -0.15) is 0 Å². The number of hydrogen-bond donors (Lipinski definition) is 0. The fraction of sp³-hybridized carbons (Fsp3) is 0.0833. The molecule has 0 radical (unpaired) electrons. The summed E-state index contributed by atoms with van der Waals surface area (Å²) in [4.78, 5) is 2.46. The second-order valence-corrected chi connectivity index (χ2v) is 13.3. The van der Waals surface area contributed by atoms with E-state index in [4.69, 9.17) is 0 Å². The van der Waals surface area contributed by atoms with E-state index in [2.05, 4.69) is 194 Å². The standard InChI is InChI=1S/C48H37N/c1-48(36-21-7-3-8-22-36)44-29-13-11-25-40(44)41-32-31-38(33-45(41)48)49(37-23-9-4-10-24-37)46-30-14-12-26-42(46)43-28-16-20-35-19-15-27-39(47(35)43)34-17-5-2-6-18-34/h2-12,14-28,30-33H,13,29H2,1H3. The van der Waals surface area contributed by atoms with Gasteiger partial charge >= 0.3 is 0 Å². The highest BCUT2D eigenvalue weighted by Gasteiger charge is 2.42. The number of benzene rings is 7. The van der Waals surface area contributed by atoms with Crippen LogP contribution in [-0.2, 0) is 5.41 Å². The van der Waals surface area contributed by atoms with Crippen LogP contribution in [0.1, 0.15) is 36.5 Å². The first-order chi connectivity index (χ1) is 24.2. The summed E-state index contributed by atoms with van der Waals surface area (Å²) >= 11 is 0. The maximum atomic E-state index is 2.47. The summed E-state index contributed by atoms with van der Waals surface area (Å²) in [7, 11) is 0. The van der Waals surface area contributed by atoms with Crippen molar-refractivity contribution in [1.29, 1.82) is 0 Å². The first-order valence-electron chi connectivity index (χ1n) is 17.3. The average Bonchev–Trinajstić information content (AvgIpc) is 3.44. The van der Waals surface area contributed by atoms with Crippen molar-refractivity contribution in [2.24, 2.45) is 0 Å². The van der Waals surface area contributed by atoms with Crippen LogP contribution in [0.5, 0.6) is 0 Å². The lowest BCUT2D eigenvalue weighted by molar-refractivity contribution is 0.652. The van der Waals surface area contributed by atoms with Crippen LogP contribution in [-0.4, -0.2) is 0 Å². The summed E-state index contributed by atoms with van der Waals surface area (Å²) in [6.45, 7) is 2.44. The molecule has 0 saturated carbocycles. The highest BCUT2D eigenvalue weighted by Crippen LogP contribution is 2.55. The van der Waals surface area contributed by atoms with Crippen LogP contribution in [0.4, 0.5) is 17.1 Å². The lowest BCUT2D eigenvalue weighted by Gasteiger charge is -2.33. The molecule has 2 aliphatic rings. The molecule has 1 nitrogen and oxygen atoms in total. The Bertz CT molecular complexity index is 2380. The Morgan fingerprint density at radius 2 is 1.18 bits per heavy atom. The Morgan fingerprint density at radius 3 is 1.96 bits per heavy atom. The van der Waals surface area contributed by atoms with E-state index < -0.39 is 0 Å². The number of anilines is 3. The van der Waals surface area contributed by atoms with Crippen LogP contribution in [0.2, 0.25) is 0 Å². The zero-order valence-corrected chi connectivity index (χ0v) is 27.7. The number of allylic oxidation sites excluding steroid dienone is 4. The first kappa shape index (κ1) is 29.2. The molecule has 0 N–H and O–H groups in total. The fourth-order valence-corrected chi connectivity index (χ4v) is 8.34. The molecule has 0 heterocycles. The van der Waals surface area contributed by atoms with Crippen molar-refractivity contribution in [3.05, 3.63) is 204 Å². The molecule has 9 rings (SSSR count). The smallest absolute Gasteiger partial charge is 0.0540 e. The van der Waals surface area contributed by atoms with Crippen LogP contribution in [0, 0.1) is 0 Å². The zero-order chi connectivity index (χ0) is 32.8. The van der Waals surface area contributed by atoms with Crippen molar-refractivity contribution in [1.82, 2.24) is 0 Å². The van der Waals surface area contributed by atoms with Crippen molar-refractivity contribution >= 4 is 33.4 Å². The SMILES string of the molecule is CC1(c2ccccc2)C2=C(C=CCC2)c2ccc(N(c3ccccc3)c3ccccc3-c3cccc4cccc(-c5ccccc5)c34)cc21. The molecule has 1 heteroatoms. The molecule has 2 aliphatic carbocycles. The third kappa shape index (κ3) is 4.77. The van der Waals surface area contributed by atoms with Crippen LogP contribution < -0.4 is 4.90 Å². The van der Waals surface area contributed by atoms with Crippen molar-refractivity contribution in [3.8, 4) is 22.3 Å².